The number of aliphatic hydroxyl groups is 1. The van der Waals surface area contributed by atoms with Crippen LogP contribution in [0, 0.1) is 0 Å². The lowest BCUT2D eigenvalue weighted by atomic mass is 9.79. The molecule has 0 aromatic rings. The van der Waals surface area contributed by atoms with Crippen molar-refractivity contribution in [3.8, 4) is 0 Å². The molecule has 0 bridgehead atoms. The van der Waals surface area contributed by atoms with Crippen molar-refractivity contribution in [2.75, 3.05) is 24.6 Å². The Morgan fingerprint density at radius 1 is 1.31 bits per heavy atom. The topological polar surface area (TPSA) is 73.7 Å². The fourth-order valence-electron chi connectivity index (χ4n) is 3.70. The van der Waals surface area contributed by atoms with Crippen LogP contribution in [0.5, 0.6) is 0 Å². The van der Waals surface area contributed by atoms with Gasteiger partial charge in [0.25, 0.3) is 0 Å². The molecule has 5 atom stereocenters. The number of aliphatic imine (C=N–C) groups is 1. The van der Waals surface area contributed by atoms with Crippen LogP contribution in [-0.4, -0.2) is 62.0 Å². The molecular formula is C18H36IN3O2S2. The number of guanidine groups is 1. The molecular weight excluding hydrogens is 481 g/mol. The van der Waals surface area contributed by atoms with E-state index in [1.807, 2.05) is 18.7 Å². The molecule has 2 fully saturated rings. The van der Waals surface area contributed by atoms with Crippen molar-refractivity contribution in [3.05, 3.63) is 0 Å². The van der Waals surface area contributed by atoms with E-state index in [1.165, 1.54) is 0 Å². The van der Waals surface area contributed by atoms with Crippen LogP contribution in [0.2, 0.25) is 0 Å². The van der Waals surface area contributed by atoms with Gasteiger partial charge < -0.3 is 15.7 Å². The zero-order chi connectivity index (χ0) is 18.3. The normalized spacial score (nSPS) is 32.9. The van der Waals surface area contributed by atoms with Crippen molar-refractivity contribution in [2.45, 2.75) is 81.4 Å². The fraction of sp³-hybridized carbons (Fsp3) is 0.944. The fourth-order valence-corrected chi connectivity index (χ4v) is 6.23. The molecule has 5 unspecified atom stereocenters. The van der Waals surface area contributed by atoms with Gasteiger partial charge in [-0.05, 0) is 44.8 Å². The smallest absolute Gasteiger partial charge is 0.191 e. The van der Waals surface area contributed by atoms with Gasteiger partial charge in [-0.3, -0.25) is 9.20 Å². The third kappa shape index (κ3) is 6.81. The zero-order valence-corrected chi connectivity index (χ0v) is 20.3. The largest absolute Gasteiger partial charge is 0.387 e. The minimum Gasteiger partial charge on any atom is -0.387 e. The van der Waals surface area contributed by atoms with E-state index in [9.17, 15) is 9.32 Å². The molecule has 5 nitrogen and oxygen atoms in total. The Hall–Kier alpha value is 0.460. The summed E-state index contributed by atoms with van der Waals surface area (Å²) in [5, 5.41) is 18.2. The monoisotopic (exact) mass is 517 g/mol. The molecule has 3 N–H and O–H groups in total. The molecule has 8 heteroatoms. The number of thioether (sulfide) groups is 1. The van der Waals surface area contributed by atoms with Gasteiger partial charge in [0.05, 0.1) is 12.1 Å². The lowest BCUT2D eigenvalue weighted by molar-refractivity contribution is -0.0154. The Morgan fingerprint density at radius 2 is 2.08 bits per heavy atom. The minimum absolute atomic E-state index is 0. The van der Waals surface area contributed by atoms with E-state index in [0.29, 0.717) is 23.1 Å². The van der Waals surface area contributed by atoms with Gasteiger partial charge in [0.1, 0.15) is 0 Å². The van der Waals surface area contributed by atoms with Crippen LogP contribution in [0.1, 0.15) is 59.3 Å². The van der Waals surface area contributed by atoms with Gasteiger partial charge in [0, 0.05) is 39.6 Å². The second kappa shape index (κ2) is 12.1. The van der Waals surface area contributed by atoms with Crippen LogP contribution < -0.4 is 10.6 Å². The highest BCUT2D eigenvalue weighted by Crippen LogP contribution is 2.41. The van der Waals surface area contributed by atoms with Crippen LogP contribution in [0.25, 0.3) is 0 Å². The van der Waals surface area contributed by atoms with E-state index in [4.69, 9.17) is 0 Å². The van der Waals surface area contributed by atoms with Gasteiger partial charge in [-0.25, -0.2) is 0 Å². The third-order valence-corrected chi connectivity index (χ3v) is 8.44. The van der Waals surface area contributed by atoms with E-state index >= 15 is 0 Å². The molecule has 2 rings (SSSR count). The molecule has 0 heterocycles. The lowest BCUT2D eigenvalue weighted by Crippen LogP contribution is -2.53. The number of rotatable bonds is 8. The number of halogens is 1. The summed E-state index contributed by atoms with van der Waals surface area (Å²) < 4.78 is 12.1. The summed E-state index contributed by atoms with van der Waals surface area (Å²) >= 11 is 1.84. The summed E-state index contributed by atoms with van der Waals surface area (Å²) in [6.45, 7) is 7.45. The minimum atomic E-state index is -0.713. The first-order valence-electron chi connectivity index (χ1n) is 9.78. The maximum atomic E-state index is 12.1. The predicted octanol–water partition coefficient (Wildman–Crippen LogP) is 2.89. The standard InChI is InChI=1S/C18H35N3O2S2.HI/c1-4-19-17(20-13-18(22)11-10-16(18)24-5-2)21-14-8-7-9-15(12-14)25(23)6-3;/h14-16,22H,4-13H2,1-3H3,(H2,19,20,21);1H. The van der Waals surface area contributed by atoms with E-state index in [-0.39, 0.29) is 24.0 Å². The van der Waals surface area contributed by atoms with E-state index in [2.05, 4.69) is 29.5 Å². The summed E-state index contributed by atoms with van der Waals surface area (Å²) in [5.41, 5.74) is -0.651. The molecule has 2 aliphatic carbocycles. The quantitative estimate of drug-likeness (QED) is 0.262. The molecule has 2 aliphatic rings. The molecule has 2 saturated carbocycles. The Kier molecular flexibility index (Phi) is 11.4. The molecule has 0 spiro atoms. The van der Waals surface area contributed by atoms with Crippen molar-refractivity contribution >= 4 is 52.5 Å². The molecule has 0 saturated heterocycles. The van der Waals surface area contributed by atoms with Crippen LogP contribution in [-0.2, 0) is 10.8 Å². The number of hydrogen-bond donors (Lipinski definition) is 3. The first kappa shape index (κ1) is 24.5. The second-order valence-corrected chi connectivity index (χ2v) is 10.6. The molecule has 0 aliphatic heterocycles. The summed E-state index contributed by atoms with van der Waals surface area (Å²) in [6, 6.07) is 0.323. The van der Waals surface area contributed by atoms with E-state index < -0.39 is 16.4 Å². The summed E-state index contributed by atoms with van der Waals surface area (Å²) in [6.07, 6.45) is 6.16. The van der Waals surface area contributed by atoms with Gasteiger partial charge in [0.15, 0.2) is 5.96 Å². The Balaban J connectivity index is 0.00000338. The maximum absolute atomic E-state index is 12.1. The Bertz CT molecular complexity index is 481. The second-order valence-electron chi connectivity index (χ2n) is 7.08. The third-order valence-electron chi connectivity index (χ3n) is 5.29. The van der Waals surface area contributed by atoms with Gasteiger partial charge >= 0.3 is 0 Å². The van der Waals surface area contributed by atoms with Crippen LogP contribution in [0.3, 0.4) is 0 Å². The SMILES string of the molecule is CCNC(=NCC1(O)CCC1SCC)NC1CCCC(S(=O)CC)C1.I. The molecule has 0 radical (unpaired) electrons. The average molecular weight is 518 g/mol. The van der Waals surface area contributed by atoms with Crippen molar-refractivity contribution in [1.82, 2.24) is 10.6 Å². The molecule has 0 aromatic carbocycles. The predicted molar refractivity (Wildman–Crippen MR) is 125 cm³/mol. The summed E-state index contributed by atoms with van der Waals surface area (Å²) in [4.78, 5) is 4.68. The van der Waals surface area contributed by atoms with Crippen molar-refractivity contribution in [2.24, 2.45) is 4.99 Å². The Morgan fingerprint density at radius 3 is 2.65 bits per heavy atom. The highest BCUT2D eigenvalue weighted by atomic mass is 127. The maximum Gasteiger partial charge on any atom is 0.191 e. The molecule has 0 aromatic heterocycles. The van der Waals surface area contributed by atoms with Crippen molar-refractivity contribution < 1.29 is 9.32 Å². The lowest BCUT2D eigenvalue weighted by Gasteiger charge is -2.44. The summed E-state index contributed by atoms with van der Waals surface area (Å²) in [5.74, 6) is 2.57. The average Bonchev–Trinajstić information content (AvgIpc) is 2.62. The molecule has 26 heavy (non-hydrogen) atoms. The number of hydrogen-bond acceptors (Lipinski definition) is 4. The molecule has 154 valence electrons. The van der Waals surface area contributed by atoms with Crippen molar-refractivity contribution in [1.29, 1.82) is 0 Å². The first-order valence-corrected chi connectivity index (χ1v) is 12.2. The number of nitrogens with one attached hydrogen (secondary N) is 2. The zero-order valence-electron chi connectivity index (χ0n) is 16.3. The highest BCUT2D eigenvalue weighted by molar-refractivity contribution is 14.0. The highest BCUT2D eigenvalue weighted by Gasteiger charge is 2.45. The van der Waals surface area contributed by atoms with Crippen LogP contribution in [0.4, 0.5) is 0 Å². The Labute approximate surface area is 182 Å². The molecule has 0 amide bonds. The first-order chi connectivity index (χ1) is 12.0. The van der Waals surface area contributed by atoms with E-state index in [1.54, 1.807) is 0 Å². The van der Waals surface area contributed by atoms with Crippen molar-refractivity contribution in [3.63, 3.8) is 0 Å². The van der Waals surface area contributed by atoms with Gasteiger partial charge in [-0.2, -0.15) is 11.8 Å². The van der Waals surface area contributed by atoms with Crippen LogP contribution in [0.15, 0.2) is 4.99 Å². The van der Waals surface area contributed by atoms with Crippen LogP contribution >= 0.6 is 35.7 Å². The number of nitrogens with zero attached hydrogens (tertiary/aromatic N) is 1. The summed E-state index contributed by atoms with van der Waals surface area (Å²) in [7, 11) is -0.713. The van der Waals surface area contributed by atoms with Gasteiger partial charge in [-0.1, -0.05) is 20.3 Å². The van der Waals surface area contributed by atoms with Gasteiger partial charge in [0.2, 0.25) is 0 Å². The van der Waals surface area contributed by atoms with E-state index in [0.717, 1.165) is 62.5 Å². The van der Waals surface area contributed by atoms with Gasteiger partial charge in [-0.15, -0.1) is 24.0 Å².